The van der Waals surface area contributed by atoms with Gasteiger partial charge < -0.3 is 21.2 Å². The molecule has 0 bridgehead atoms. The molecule has 0 aliphatic carbocycles. The van der Waals surface area contributed by atoms with Crippen molar-refractivity contribution in [3.8, 4) is 0 Å². The first kappa shape index (κ1) is 12.2. The number of aromatic nitrogens is 1. The Morgan fingerprint density at radius 2 is 2.22 bits per heavy atom. The lowest BCUT2D eigenvalue weighted by Gasteiger charge is -2.19. The van der Waals surface area contributed by atoms with Crippen LogP contribution in [0, 0.1) is 5.41 Å². The minimum atomic E-state index is -0.674. The highest BCUT2D eigenvalue weighted by Gasteiger charge is 2.25. The number of hydrogen-bond donors (Lipinski definition) is 3. The average molecular weight is 248 g/mol. The minimum Gasteiger partial charge on any atom is -0.423 e. The van der Waals surface area contributed by atoms with Gasteiger partial charge >= 0.3 is 0 Å². The van der Waals surface area contributed by atoms with Crippen LogP contribution in [0.4, 0.5) is 11.7 Å². The molecule has 0 spiro atoms. The lowest BCUT2D eigenvalue weighted by atomic mass is 9.93. The van der Waals surface area contributed by atoms with Crippen molar-refractivity contribution in [2.45, 2.75) is 13.8 Å². The van der Waals surface area contributed by atoms with Gasteiger partial charge in [-0.05, 0) is 26.0 Å². The number of hydrogen-bond acceptors (Lipinski definition) is 5. The van der Waals surface area contributed by atoms with Gasteiger partial charge in [0.05, 0.1) is 11.1 Å². The molecule has 1 heterocycles. The van der Waals surface area contributed by atoms with E-state index in [1.807, 2.05) is 0 Å². The van der Waals surface area contributed by atoms with Crippen LogP contribution < -0.4 is 16.8 Å². The van der Waals surface area contributed by atoms with Crippen LogP contribution >= 0.6 is 0 Å². The second-order valence-corrected chi connectivity index (χ2v) is 4.81. The topological polar surface area (TPSA) is 107 Å². The molecule has 0 saturated carbocycles. The lowest BCUT2D eigenvalue weighted by molar-refractivity contribution is -0.125. The molecule has 0 aliphatic heterocycles. The number of nitrogens with zero attached hydrogens (tertiary/aromatic N) is 1. The van der Waals surface area contributed by atoms with Crippen LogP contribution in [0.5, 0.6) is 0 Å². The number of rotatable bonds is 4. The monoisotopic (exact) mass is 248 g/mol. The Bertz CT molecular complexity index is 589. The molecule has 2 rings (SSSR count). The highest BCUT2D eigenvalue weighted by molar-refractivity contribution is 5.86. The van der Waals surface area contributed by atoms with Gasteiger partial charge in [0.1, 0.15) is 5.52 Å². The number of para-hydroxylation sites is 1. The van der Waals surface area contributed by atoms with E-state index in [9.17, 15) is 4.79 Å². The predicted octanol–water partition coefficient (Wildman–Crippen LogP) is 1.33. The number of nitrogens with one attached hydrogen (secondary N) is 1. The Kier molecular flexibility index (Phi) is 2.86. The molecule has 5 N–H and O–H groups in total. The maximum absolute atomic E-state index is 11.2. The first-order chi connectivity index (χ1) is 8.40. The molecule has 0 radical (unpaired) electrons. The zero-order chi connectivity index (χ0) is 13.3. The summed E-state index contributed by atoms with van der Waals surface area (Å²) in [6, 6.07) is 5.66. The van der Waals surface area contributed by atoms with Gasteiger partial charge in [-0.15, -0.1) is 0 Å². The lowest BCUT2D eigenvalue weighted by Crippen LogP contribution is -2.37. The molecule has 0 unspecified atom stereocenters. The standard InChI is InChI=1S/C12H16N4O2/c1-12(2,10(14)17)6-15-11-16-9-7(13)4-3-5-8(9)18-11/h3-5H,6,13H2,1-2H3,(H2,14,17)(H,15,16). The number of oxazole rings is 1. The van der Waals surface area contributed by atoms with E-state index in [1.54, 1.807) is 32.0 Å². The third-order valence-electron chi connectivity index (χ3n) is 2.80. The summed E-state index contributed by atoms with van der Waals surface area (Å²) < 4.78 is 5.47. The molecule has 6 nitrogen and oxygen atoms in total. The van der Waals surface area contributed by atoms with Gasteiger partial charge in [0.2, 0.25) is 5.91 Å². The summed E-state index contributed by atoms with van der Waals surface area (Å²) in [5.41, 5.74) is 12.2. The minimum absolute atomic E-state index is 0.331. The number of anilines is 2. The van der Waals surface area contributed by atoms with Crippen molar-refractivity contribution < 1.29 is 9.21 Å². The predicted molar refractivity (Wildman–Crippen MR) is 69.9 cm³/mol. The molecule has 1 amide bonds. The van der Waals surface area contributed by atoms with E-state index in [2.05, 4.69) is 10.3 Å². The van der Waals surface area contributed by atoms with Crippen molar-refractivity contribution in [2.75, 3.05) is 17.6 Å². The van der Waals surface area contributed by atoms with Gasteiger partial charge in [0.15, 0.2) is 5.58 Å². The number of carbonyl (C=O) groups is 1. The van der Waals surface area contributed by atoms with Crippen molar-refractivity contribution >= 4 is 28.7 Å². The number of nitrogens with two attached hydrogens (primary N) is 2. The van der Waals surface area contributed by atoms with Crippen LogP contribution in [-0.4, -0.2) is 17.4 Å². The van der Waals surface area contributed by atoms with Crippen molar-refractivity contribution in [3.63, 3.8) is 0 Å². The molecular formula is C12H16N4O2. The number of carbonyl (C=O) groups excluding carboxylic acids is 1. The van der Waals surface area contributed by atoms with E-state index < -0.39 is 5.41 Å². The molecule has 6 heteroatoms. The van der Waals surface area contributed by atoms with Gasteiger partial charge in [-0.1, -0.05) is 6.07 Å². The third kappa shape index (κ3) is 2.22. The summed E-state index contributed by atoms with van der Waals surface area (Å²) in [5.74, 6) is -0.384. The Labute approximate surface area is 104 Å². The first-order valence-corrected chi connectivity index (χ1v) is 5.59. The summed E-state index contributed by atoms with van der Waals surface area (Å²) >= 11 is 0. The first-order valence-electron chi connectivity index (χ1n) is 5.59. The Hall–Kier alpha value is -2.24. The summed E-state index contributed by atoms with van der Waals surface area (Å²) in [6.45, 7) is 3.84. The van der Waals surface area contributed by atoms with Crippen molar-refractivity contribution in [1.29, 1.82) is 0 Å². The number of fused-ring (bicyclic) bond motifs is 1. The Morgan fingerprint density at radius 1 is 1.50 bits per heavy atom. The molecule has 2 aromatic rings. The second-order valence-electron chi connectivity index (χ2n) is 4.81. The van der Waals surface area contributed by atoms with Crippen molar-refractivity contribution in [3.05, 3.63) is 18.2 Å². The fraction of sp³-hybridized carbons (Fsp3) is 0.333. The Morgan fingerprint density at radius 3 is 2.83 bits per heavy atom. The van der Waals surface area contributed by atoms with Gasteiger partial charge in [-0.3, -0.25) is 4.79 Å². The third-order valence-corrected chi connectivity index (χ3v) is 2.80. The van der Waals surface area contributed by atoms with Crippen LogP contribution in [0.3, 0.4) is 0 Å². The van der Waals surface area contributed by atoms with Crippen LogP contribution in [0.15, 0.2) is 22.6 Å². The van der Waals surface area contributed by atoms with Crippen LogP contribution in [0.1, 0.15) is 13.8 Å². The summed E-state index contributed by atoms with van der Waals surface area (Å²) in [7, 11) is 0. The Balaban J connectivity index is 2.18. The number of amides is 1. The van der Waals surface area contributed by atoms with Gasteiger partial charge in [-0.25, -0.2) is 0 Å². The molecular weight excluding hydrogens is 232 g/mol. The summed E-state index contributed by atoms with van der Waals surface area (Å²) in [4.78, 5) is 15.4. The van der Waals surface area contributed by atoms with Crippen molar-refractivity contribution in [2.24, 2.45) is 11.1 Å². The molecule has 0 saturated heterocycles. The number of primary amides is 1. The number of nitrogen functional groups attached to an aromatic ring is 1. The van der Waals surface area contributed by atoms with Gasteiger partial charge in [0, 0.05) is 6.54 Å². The van der Waals surface area contributed by atoms with Crippen LogP contribution in [0.2, 0.25) is 0 Å². The molecule has 0 aliphatic rings. The molecule has 0 fully saturated rings. The molecule has 1 aromatic heterocycles. The van der Waals surface area contributed by atoms with Crippen molar-refractivity contribution in [1.82, 2.24) is 4.98 Å². The molecule has 1 aromatic carbocycles. The van der Waals surface area contributed by atoms with Gasteiger partial charge in [0.25, 0.3) is 6.01 Å². The van der Waals surface area contributed by atoms with E-state index >= 15 is 0 Å². The van der Waals surface area contributed by atoms with E-state index in [-0.39, 0.29) is 5.91 Å². The van der Waals surface area contributed by atoms with E-state index in [0.29, 0.717) is 29.3 Å². The van der Waals surface area contributed by atoms with E-state index in [0.717, 1.165) is 0 Å². The highest BCUT2D eigenvalue weighted by Crippen LogP contribution is 2.24. The van der Waals surface area contributed by atoms with Crippen LogP contribution in [0.25, 0.3) is 11.1 Å². The van der Waals surface area contributed by atoms with E-state index in [4.69, 9.17) is 15.9 Å². The maximum atomic E-state index is 11.2. The van der Waals surface area contributed by atoms with Crippen LogP contribution in [-0.2, 0) is 4.79 Å². The number of benzene rings is 1. The SMILES string of the molecule is CC(C)(CNc1nc2c(N)cccc2o1)C(N)=O. The fourth-order valence-electron chi connectivity index (χ4n) is 1.43. The summed E-state index contributed by atoms with van der Waals surface area (Å²) in [6.07, 6.45) is 0. The highest BCUT2D eigenvalue weighted by atomic mass is 16.4. The molecule has 18 heavy (non-hydrogen) atoms. The smallest absolute Gasteiger partial charge is 0.295 e. The largest absolute Gasteiger partial charge is 0.423 e. The molecule has 0 atom stereocenters. The zero-order valence-corrected chi connectivity index (χ0v) is 10.4. The quantitative estimate of drug-likeness (QED) is 0.707. The zero-order valence-electron chi connectivity index (χ0n) is 10.4. The fourth-order valence-corrected chi connectivity index (χ4v) is 1.43. The van der Waals surface area contributed by atoms with E-state index in [1.165, 1.54) is 0 Å². The normalized spacial score (nSPS) is 11.7. The second kappa shape index (κ2) is 4.21. The average Bonchev–Trinajstić information content (AvgIpc) is 2.71. The van der Waals surface area contributed by atoms with Gasteiger partial charge in [-0.2, -0.15) is 4.98 Å². The maximum Gasteiger partial charge on any atom is 0.295 e. The molecule has 96 valence electrons. The summed E-state index contributed by atoms with van der Waals surface area (Å²) in [5, 5.41) is 2.95.